The molecule has 21 heavy (non-hydrogen) atoms. The van der Waals surface area contributed by atoms with Gasteiger partial charge in [0.2, 0.25) is 0 Å². The van der Waals surface area contributed by atoms with Gasteiger partial charge in [-0.05, 0) is 43.2 Å². The Hall–Kier alpha value is -1.90. The van der Waals surface area contributed by atoms with Gasteiger partial charge in [0.05, 0.1) is 10.9 Å². The number of hydrogen-bond acceptors (Lipinski definition) is 2. The lowest BCUT2D eigenvalue weighted by Crippen LogP contribution is -2.38. The Bertz CT molecular complexity index is 711. The highest BCUT2D eigenvalue weighted by atomic mass is 16.4. The summed E-state index contributed by atoms with van der Waals surface area (Å²) in [4.78, 5) is 16.6. The first-order chi connectivity index (χ1) is 10.2. The second-order valence-electron chi connectivity index (χ2n) is 6.71. The number of aliphatic carboxylic acids is 1. The van der Waals surface area contributed by atoms with Crippen LogP contribution in [0.3, 0.4) is 0 Å². The van der Waals surface area contributed by atoms with Gasteiger partial charge in [0.1, 0.15) is 0 Å². The molecule has 2 saturated carbocycles. The quantitative estimate of drug-likeness (QED) is 0.934. The number of carboxylic acid groups (broad SMARTS) is 1. The lowest BCUT2D eigenvalue weighted by molar-refractivity contribution is -0.152. The summed E-state index contributed by atoms with van der Waals surface area (Å²) in [5.74, 6) is 0.337. The first-order valence-corrected chi connectivity index (χ1v) is 7.75. The van der Waals surface area contributed by atoms with Crippen LogP contribution in [-0.4, -0.2) is 16.1 Å². The minimum absolute atomic E-state index is 0.341. The van der Waals surface area contributed by atoms with Crippen molar-refractivity contribution < 1.29 is 9.90 Å². The second-order valence-corrected chi connectivity index (χ2v) is 6.71. The highest BCUT2D eigenvalue weighted by Crippen LogP contribution is 2.57. The first-order valence-electron chi connectivity index (χ1n) is 7.75. The Labute approximate surface area is 124 Å². The van der Waals surface area contributed by atoms with Crippen molar-refractivity contribution >= 4 is 16.9 Å². The summed E-state index contributed by atoms with van der Waals surface area (Å²) in [5, 5.41) is 10.9. The van der Waals surface area contributed by atoms with Crippen molar-refractivity contribution in [1.29, 1.82) is 0 Å². The predicted molar refractivity (Wildman–Crippen MR) is 81.0 cm³/mol. The van der Waals surface area contributed by atoms with Crippen LogP contribution in [0.2, 0.25) is 0 Å². The monoisotopic (exact) mass is 281 g/mol. The number of rotatable bonds is 3. The normalized spacial score (nSPS) is 30.9. The molecule has 2 bridgehead atoms. The number of carbonyl (C=O) groups is 1. The van der Waals surface area contributed by atoms with E-state index in [4.69, 9.17) is 0 Å². The summed E-state index contributed by atoms with van der Waals surface area (Å²) >= 11 is 0. The number of para-hydroxylation sites is 1. The van der Waals surface area contributed by atoms with Crippen LogP contribution < -0.4 is 0 Å². The molecule has 0 spiro atoms. The Kier molecular flexibility index (Phi) is 2.78. The number of pyridine rings is 1. The molecule has 2 aliphatic rings. The van der Waals surface area contributed by atoms with E-state index in [-0.39, 0.29) is 0 Å². The standard InChI is InChI=1S/C18H19NO2/c20-17(21)18(10-12-5-7-14(18)9-12)11-15-8-6-13-3-1-2-4-16(13)19-15/h1-4,6,8,12,14H,5,7,9-11H2,(H,20,21). The third-order valence-electron chi connectivity index (χ3n) is 5.55. The fraction of sp³-hybridized carbons (Fsp3) is 0.444. The van der Waals surface area contributed by atoms with Gasteiger partial charge >= 0.3 is 5.97 Å². The smallest absolute Gasteiger partial charge is 0.310 e. The molecule has 0 amide bonds. The number of hydrogen-bond donors (Lipinski definition) is 1. The van der Waals surface area contributed by atoms with E-state index in [1.807, 2.05) is 30.3 Å². The number of fused-ring (bicyclic) bond motifs is 3. The zero-order valence-corrected chi connectivity index (χ0v) is 12.0. The van der Waals surface area contributed by atoms with E-state index in [2.05, 4.69) is 11.1 Å². The molecule has 0 aliphatic heterocycles. The van der Waals surface area contributed by atoms with Gasteiger partial charge in [0, 0.05) is 17.5 Å². The Balaban J connectivity index is 1.70. The van der Waals surface area contributed by atoms with Gasteiger partial charge in [-0.25, -0.2) is 0 Å². The van der Waals surface area contributed by atoms with E-state index in [1.54, 1.807) is 0 Å². The van der Waals surface area contributed by atoms with Gasteiger partial charge in [-0.2, -0.15) is 0 Å². The van der Waals surface area contributed by atoms with E-state index in [1.165, 1.54) is 6.42 Å². The zero-order chi connectivity index (χ0) is 14.4. The van der Waals surface area contributed by atoms with Gasteiger partial charge in [0.15, 0.2) is 0 Å². The Morgan fingerprint density at radius 1 is 1.24 bits per heavy atom. The fourth-order valence-corrected chi connectivity index (χ4v) is 4.53. The predicted octanol–water partition coefficient (Wildman–Crippen LogP) is 3.67. The van der Waals surface area contributed by atoms with E-state index in [9.17, 15) is 9.90 Å². The fourth-order valence-electron chi connectivity index (χ4n) is 4.53. The number of aromatic nitrogens is 1. The Morgan fingerprint density at radius 3 is 2.81 bits per heavy atom. The van der Waals surface area contributed by atoms with Crippen LogP contribution >= 0.6 is 0 Å². The van der Waals surface area contributed by atoms with E-state index in [0.717, 1.165) is 35.9 Å². The molecule has 1 aromatic heterocycles. The van der Waals surface area contributed by atoms with Crippen molar-refractivity contribution in [2.45, 2.75) is 32.1 Å². The summed E-state index contributed by atoms with van der Waals surface area (Å²) in [6, 6.07) is 12.1. The van der Waals surface area contributed by atoms with Gasteiger partial charge < -0.3 is 5.11 Å². The van der Waals surface area contributed by atoms with E-state index >= 15 is 0 Å². The van der Waals surface area contributed by atoms with Crippen molar-refractivity contribution in [2.24, 2.45) is 17.3 Å². The van der Waals surface area contributed by atoms with Crippen molar-refractivity contribution in [3.8, 4) is 0 Å². The molecule has 4 rings (SSSR count). The number of benzene rings is 1. The summed E-state index contributed by atoms with van der Waals surface area (Å²) < 4.78 is 0. The minimum atomic E-state index is -0.621. The third kappa shape index (κ3) is 1.95. The maximum absolute atomic E-state index is 12.0. The zero-order valence-electron chi connectivity index (χ0n) is 12.0. The highest BCUT2D eigenvalue weighted by Gasteiger charge is 2.55. The molecule has 1 N–H and O–H groups in total. The maximum Gasteiger partial charge on any atom is 0.310 e. The summed E-state index contributed by atoms with van der Waals surface area (Å²) in [6.07, 6.45) is 4.80. The van der Waals surface area contributed by atoms with Crippen LogP contribution in [-0.2, 0) is 11.2 Å². The first kappa shape index (κ1) is 12.8. The number of carboxylic acids is 1. The highest BCUT2D eigenvalue weighted by molar-refractivity contribution is 5.79. The Morgan fingerprint density at radius 2 is 2.10 bits per heavy atom. The van der Waals surface area contributed by atoms with Crippen LogP contribution in [0, 0.1) is 17.3 Å². The molecular formula is C18H19NO2. The minimum Gasteiger partial charge on any atom is -0.481 e. The molecule has 0 radical (unpaired) electrons. The summed E-state index contributed by atoms with van der Waals surface area (Å²) in [5.41, 5.74) is 1.31. The van der Waals surface area contributed by atoms with Crippen LogP contribution in [0.15, 0.2) is 36.4 Å². The molecule has 1 heterocycles. The van der Waals surface area contributed by atoms with Crippen LogP contribution in [0.5, 0.6) is 0 Å². The van der Waals surface area contributed by atoms with Crippen molar-refractivity contribution in [3.05, 3.63) is 42.1 Å². The molecule has 3 heteroatoms. The molecule has 2 aromatic rings. The molecular weight excluding hydrogens is 262 g/mol. The maximum atomic E-state index is 12.0. The molecule has 3 nitrogen and oxygen atoms in total. The number of nitrogens with zero attached hydrogens (tertiary/aromatic N) is 1. The topological polar surface area (TPSA) is 50.2 Å². The van der Waals surface area contributed by atoms with E-state index in [0.29, 0.717) is 18.3 Å². The molecule has 3 unspecified atom stereocenters. The van der Waals surface area contributed by atoms with Crippen molar-refractivity contribution in [2.75, 3.05) is 0 Å². The molecule has 3 atom stereocenters. The van der Waals surface area contributed by atoms with Gasteiger partial charge in [-0.3, -0.25) is 9.78 Å². The molecule has 1 aromatic carbocycles. The van der Waals surface area contributed by atoms with Crippen LogP contribution in [0.25, 0.3) is 10.9 Å². The van der Waals surface area contributed by atoms with Crippen molar-refractivity contribution in [3.63, 3.8) is 0 Å². The second kappa shape index (κ2) is 4.55. The van der Waals surface area contributed by atoms with Crippen molar-refractivity contribution in [1.82, 2.24) is 4.98 Å². The molecule has 0 saturated heterocycles. The lowest BCUT2D eigenvalue weighted by atomic mass is 9.70. The van der Waals surface area contributed by atoms with Gasteiger partial charge in [-0.1, -0.05) is 30.7 Å². The SMILES string of the molecule is O=C(O)C1(Cc2ccc3ccccc3n2)CC2CCC1C2. The van der Waals surface area contributed by atoms with Crippen LogP contribution in [0.4, 0.5) is 0 Å². The summed E-state index contributed by atoms with van der Waals surface area (Å²) in [7, 11) is 0. The lowest BCUT2D eigenvalue weighted by Gasteiger charge is -2.33. The molecule has 108 valence electrons. The average molecular weight is 281 g/mol. The van der Waals surface area contributed by atoms with Gasteiger partial charge in [-0.15, -0.1) is 0 Å². The molecule has 2 fully saturated rings. The molecule has 2 aliphatic carbocycles. The largest absolute Gasteiger partial charge is 0.481 e. The van der Waals surface area contributed by atoms with Gasteiger partial charge in [0.25, 0.3) is 0 Å². The summed E-state index contributed by atoms with van der Waals surface area (Å²) in [6.45, 7) is 0. The van der Waals surface area contributed by atoms with Crippen LogP contribution in [0.1, 0.15) is 31.4 Å². The average Bonchev–Trinajstić information content (AvgIpc) is 3.08. The third-order valence-corrected chi connectivity index (χ3v) is 5.55. The van der Waals surface area contributed by atoms with E-state index < -0.39 is 11.4 Å².